The average Bonchev–Trinajstić information content (AvgIpc) is 3.16. The van der Waals surface area contributed by atoms with Crippen molar-refractivity contribution in [2.24, 2.45) is 10.9 Å². The van der Waals surface area contributed by atoms with E-state index in [0.29, 0.717) is 24.9 Å². The number of rotatable bonds is 5. The highest BCUT2D eigenvalue weighted by Crippen LogP contribution is 2.18. The second kappa shape index (κ2) is 8.51. The Bertz CT molecular complexity index is 694. The van der Waals surface area contributed by atoms with Crippen molar-refractivity contribution in [2.75, 3.05) is 31.3 Å². The van der Waals surface area contributed by atoms with E-state index in [9.17, 15) is 8.42 Å². The van der Waals surface area contributed by atoms with Crippen LogP contribution in [0.3, 0.4) is 0 Å². The lowest BCUT2D eigenvalue weighted by molar-refractivity contribution is 0.0822. The molecule has 0 bridgehead atoms. The molecule has 3 heterocycles. The summed E-state index contributed by atoms with van der Waals surface area (Å²) < 4.78 is 28.7. The molecule has 1 aromatic rings. The van der Waals surface area contributed by atoms with Crippen LogP contribution in [-0.2, 0) is 21.1 Å². The van der Waals surface area contributed by atoms with Gasteiger partial charge in [0.2, 0.25) is 0 Å². The van der Waals surface area contributed by atoms with E-state index in [-0.39, 0.29) is 11.7 Å². The third kappa shape index (κ3) is 5.97. The summed E-state index contributed by atoms with van der Waals surface area (Å²) in [6.45, 7) is 4.93. The summed E-state index contributed by atoms with van der Waals surface area (Å²) in [6.07, 6.45) is 2.68. The first kappa shape index (κ1) is 18.7. The predicted octanol–water partition coefficient (Wildman–Crippen LogP) is 1.71. The Hall–Kier alpha value is -1.12. The van der Waals surface area contributed by atoms with Crippen molar-refractivity contribution in [3.8, 4) is 0 Å². The van der Waals surface area contributed by atoms with Crippen molar-refractivity contribution in [3.05, 3.63) is 21.9 Å². The van der Waals surface area contributed by atoms with Crippen LogP contribution >= 0.6 is 11.3 Å². The summed E-state index contributed by atoms with van der Waals surface area (Å²) in [6, 6.07) is 4.58. The van der Waals surface area contributed by atoms with E-state index in [1.165, 1.54) is 9.75 Å². The molecule has 25 heavy (non-hydrogen) atoms. The molecule has 1 atom stereocenters. The minimum absolute atomic E-state index is 0.177. The third-order valence-corrected chi connectivity index (χ3v) is 7.46. The fraction of sp³-hybridized carbons (Fsp3) is 0.706. The van der Waals surface area contributed by atoms with Crippen LogP contribution in [0.15, 0.2) is 17.1 Å². The third-order valence-electron chi connectivity index (χ3n) is 4.64. The molecule has 0 aliphatic carbocycles. The molecule has 2 aliphatic heterocycles. The number of hydrogen-bond acceptors (Lipinski definition) is 5. The van der Waals surface area contributed by atoms with Gasteiger partial charge in [-0.05, 0) is 44.2 Å². The van der Waals surface area contributed by atoms with Gasteiger partial charge in [-0.25, -0.2) is 13.4 Å². The molecular weight excluding hydrogens is 358 g/mol. The summed E-state index contributed by atoms with van der Waals surface area (Å²) in [4.78, 5) is 7.23. The summed E-state index contributed by atoms with van der Waals surface area (Å²) in [5.74, 6) is 1.56. The van der Waals surface area contributed by atoms with Crippen molar-refractivity contribution >= 4 is 27.1 Å². The van der Waals surface area contributed by atoms with Gasteiger partial charge in [-0.2, -0.15) is 0 Å². The fourth-order valence-electron chi connectivity index (χ4n) is 3.19. The van der Waals surface area contributed by atoms with Gasteiger partial charge in [-0.15, -0.1) is 11.3 Å². The molecule has 2 fully saturated rings. The lowest BCUT2D eigenvalue weighted by atomic mass is 10.1. The molecule has 140 valence electrons. The van der Waals surface area contributed by atoms with Crippen LogP contribution in [0, 0.1) is 12.8 Å². The van der Waals surface area contributed by atoms with Gasteiger partial charge in [0.25, 0.3) is 0 Å². The Morgan fingerprint density at radius 3 is 2.76 bits per heavy atom. The Labute approximate surface area is 154 Å². The second-order valence-electron chi connectivity index (χ2n) is 6.86. The van der Waals surface area contributed by atoms with E-state index in [2.05, 4.69) is 29.7 Å². The monoisotopic (exact) mass is 385 g/mol. The molecule has 0 amide bonds. The van der Waals surface area contributed by atoms with E-state index < -0.39 is 9.84 Å². The molecule has 1 unspecified atom stereocenters. The van der Waals surface area contributed by atoms with Gasteiger partial charge in [-0.3, -0.25) is 0 Å². The van der Waals surface area contributed by atoms with E-state index in [1.807, 2.05) is 0 Å². The Morgan fingerprint density at radius 1 is 1.32 bits per heavy atom. The highest BCUT2D eigenvalue weighted by atomic mass is 32.2. The van der Waals surface area contributed by atoms with Crippen molar-refractivity contribution in [1.29, 1.82) is 0 Å². The minimum Gasteiger partial charge on any atom is -0.381 e. The molecule has 0 spiro atoms. The maximum atomic E-state index is 11.6. The first-order valence-corrected chi connectivity index (χ1v) is 11.5. The molecular formula is C17H27N3O3S2. The Morgan fingerprint density at radius 2 is 2.12 bits per heavy atom. The molecule has 0 saturated carbocycles. The quantitative estimate of drug-likeness (QED) is 0.596. The van der Waals surface area contributed by atoms with Gasteiger partial charge in [0.05, 0.1) is 18.1 Å². The SMILES string of the molecule is Cc1ccc(CN=C(NCC2CCS(=O)(=O)C2)NC2CCOCC2)s1. The lowest BCUT2D eigenvalue weighted by Gasteiger charge is -2.25. The average molecular weight is 386 g/mol. The maximum Gasteiger partial charge on any atom is 0.191 e. The van der Waals surface area contributed by atoms with Crippen LogP contribution in [0.1, 0.15) is 29.0 Å². The Kier molecular flexibility index (Phi) is 6.35. The number of aliphatic imine (C=N–C) groups is 1. The molecule has 0 aromatic carbocycles. The van der Waals surface area contributed by atoms with Gasteiger partial charge >= 0.3 is 0 Å². The van der Waals surface area contributed by atoms with Crippen LogP contribution in [0.25, 0.3) is 0 Å². The highest BCUT2D eigenvalue weighted by molar-refractivity contribution is 7.91. The summed E-state index contributed by atoms with van der Waals surface area (Å²) in [5.41, 5.74) is 0. The first-order valence-electron chi connectivity index (χ1n) is 8.88. The van der Waals surface area contributed by atoms with E-state index >= 15 is 0 Å². The molecule has 0 radical (unpaired) electrons. The van der Waals surface area contributed by atoms with Crippen LogP contribution in [0.4, 0.5) is 0 Å². The molecule has 6 nitrogen and oxygen atoms in total. The van der Waals surface area contributed by atoms with E-state index in [4.69, 9.17) is 9.73 Å². The zero-order chi connectivity index (χ0) is 17.7. The molecule has 3 rings (SSSR count). The minimum atomic E-state index is -2.84. The van der Waals surface area contributed by atoms with Crippen LogP contribution in [-0.4, -0.2) is 51.7 Å². The number of hydrogen-bond donors (Lipinski definition) is 2. The molecule has 2 N–H and O–H groups in total. The molecule has 2 saturated heterocycles. The van der Waals surface area contributed by atoms with Gasteiger partial charge in [-0.1, -0.05) is 0 Å². The van der Waals surface area contributed by atoms with Crippen LogP contribution in [0.5, 0.6) is 0 Å². The van der Waals surface area contributed by atoms with Gasteiger partial charge in [0.1, 0.15) is 0 Å². The van der Waals surface area contributed by atoms with E-state index in [0.717, 1.165) is 38.4 Å². The smallest absolute Gasteiger partial charge is 0.191 e. The lowest BCUT2D eigenvalue weighted by Crippen LogP contribution is -2.47. The van der Waals surface area contributed by atoms with Crippen LogP contribution in [0.2, 0.25) is 0 Å². The number of sulfone groups is 1. The zero-order valence-corrected chi connectivity index (χ0v) is 16.3. The van der Waals surface area contributed by atoms with Gasteiger partial charge in [0.15, 0.2) is 15.8 Å². The highest BCUT2D eigenvalue weighted by Gasteiger charge is 2.28. The maximum absolute atomic E-state index is 11.6. The van der Waals surface area contributed by atoms with Crippen molar-refractivity contribution in [1.82, 2.24) is 10.6 Å². The summed E-state index contributed by atoms with van der Waals surface area (Å²) in [7, 11) is -2.84. The topological polar surface area (TPSA) is 79.8 Å². The largest absolute Gasteiger partial charge is 0.381 e. The molecule has 1 aromatic heterocycles. The van der Waals surface area contributed by atoms with Crippen molar-refractivity contribution in [3.63, 3.8) is 0 Å². The number of ether oxygens (including phenoxy) is 1. The molecule has 2 aliphatic rings. The van der Waals surface area contributed by atoms with Gasteiger partial charge < -0.3 is 15.4 Å². The van der Waals surface area contributed by atoms with E-state index in [1.54, 1.807) is 11.3 Å². The fourth-order valence-corrected chi connectivity index (χ4v) is 5.87. The Balaban J connectivity index is 1.58. The van der Waals surface area contributed by atoms with Crippen molar-refractivity contribution in [2.45, 2.75) is 38.8 Å². The predicted molar refractivity (Wildman–Crippen MR) is 102 cm³/mol. The standard InChI is InChI=1S/C17H27N3O3S2/c1-13-2-3-16(24-13)11-19-17(20-15-4-7-23-8-5-15)18-10-14-6-9-25(21,22)12-14/h2-3,14-15H,4-12H2,1H3,(H2,18,19,20). The normalized spacial score (nSPS) is 24.4. The summed E-state index contributed by atoms with van der Waals surface area (Å²) >= 11 is 1.76. The number of guanidine groups is 1. The first-order chi connectivity index (χ1) is 12.0. The van der Waals surface area contributed by atoms with Gasteiger partial charge in [0, 0.05) is 35.6 Å². The molecule has 8 heteroatoms. The van der Waals surface area contributed by atoms with Crippen molar-refractivity contribution < 1.29 is 13.2 Å². The summed E-state index contributed by atoms with van der Waals surface area (Å²) in [5, 5.41) is 6.85. The number of aryl methyl sites for hydroxylation is 1. The number of nitrogens with zero attached hydrogens (tertiary/aromatic N) is 1. The second-order valence-corrected chi connectivity index (χ2v) is 10.5. The number of thiophene rings is 1. The van der Waals surface area contributed by atoms with Crippen LogP contribution < -0.4 is 10.6 Å². The number of nitrogens with one attached hydrogen (secondary N) is 2. The zero-order valence-electron chi connectivity index (χ0n) is 14.7.